The van der Waals surface area contributed by atoms with Gasteiger partial charge < -0.3 is 4.74 Å². The summed E-state index contributed by atoms with van der Waals surface area (Å²) in [5.74, 6) is -0.695. The molecule has 1 rings (SSSR count). The summed E-state index contributed by atoms with van der Waals surface area (Å²) in [7, 11) is 1.16. The van der Waals surface area contributed by atoms with Crippen LogP contribution in [0.1, 0.15) is 31.1 Å². The van der Waals surface area contributed by atoms with E-state index in [-0.39, 0.29) is 32.5 Å². The van der Waals surface area contributed by atoms with Gasteiger partial charge >= 0.3 is 5.97 Å². The molecule has 8 heteroatoms. The molecule has 0 spiro atoms. The molecule has 0 amide bonds. The van der Waals surface area contributed by atoms with Gasteiger partial charge in [0.25, 0.3) is 9.05 Å². The molecule has 0 N–H and O–H groups in total. The maximum absolute atomic E-state index is 12.1. The second kappa shape index (κ2) is 6.52. The summed E-state index contributed by atoms with van der Waals surface area (Å²) in [5, 5.41) is -0.339. The summed E-state index contributed by atoms with van der Waals surface area (Å²) in [6.07, 6.45) is -0.370. The molecule has 1 aromatic rings. The third-order valence-corrected chi connectivity index (χ3v) is 4.94. The Bertz CT molecular complexity index is 626. The highest BCUT2D eigenvalue weighted by Crippen LogP contribution is 2.33. The molecule has 20 heavy (non-hydrogen) atoms. The van der Waals surface area contributed by atoms with Crippen molar-refractivity contribution in [2.24, 2.45) is 5.92 Å². The molecule has 1 aromatic carbocycles. The van der Waals surface area contributed by atoms with Crippen LogP contribution in [0, 0.1) is 5.92 Å². The summed E-state index contributed by atoms with van der Waals surface area (Å²) in [6.45, 7) is 5.47. The van der Waals surface area contributed by atoms with E-state index >= 15 is 0 Å². The zero-order valence-electron chi connectivity index (χ0n) is 11.0. The van der Waals surface area contributed by atoms with Crippen molar-refractivity contribution in [2.75, 3.05) is 0 Å². The first-order valence-electron chi connectivity index (χ1n) is 5.69. The molecule has 0 radical (unpaired) electrons. The van der Waals surface area contributed by atoms with Gasteiger partial charge in [0.1, 0.15) is 11.0 Å². The highest BCUT2D eigenvalue weighted by Gasteiger charge is 2.26. The summed E-state index contributed by atoms with van der Waals surface area (Å²) >= 11 is 11.8. The van der Waals surface area contributed by atoms with Gasteiger partial charge in [-0.3, -0.25) is 0 Å². The number of esters is 1. The Balaban J connectivity index is 3.28. The second-order valence-electron chi connectivity index (χ2n) is 4.53. The molecule has 0 saturated carbocycles. The minimum Gasteiger partial charge on any atom is -0.459 e. The van der Waals surface area contributed by atoms with Crippen molar-refractivity contribution >= 4 is 48.9 Å². The number of carbonyl (C=O) groups excluding carboxylic acids is 1. The van der Waals surface area contributed by atoms with Gasteiger partial charge in [0.05, 0.1) is 15.6 Å². The lowest BCUT2D eigenvalue weighted by Gasteiger charge is -2.18. The molecular weight excluding hydrogens is 347 g/mol. The highest BCUT2D eigenvalue weighted by molar-refractivity contribution is 8.13. The summed E-state index contributed by atoms with van der Waals surface area (Å²) in [4.78, 5) is 11.7. The van der Waals surface area contributed by atoms with E-state index in [1.807, 2.05) is 13.8 Å². The Kier molecular flexibility index (Phi) is 5.72. The Hall–Kier alpha value is -0.490. The first-order valence-corrected chi connectivity index (χ1v) is 8.76. The van der Waals surface area contributed by atoms with Crippen LogP contribution in [0.5, 0.6) is 0 Å². The minimum atomic E-state index is -4.08. The van der Waals surface area contributed by atoms with E-state index < -0.39 is 15.0 Å². The Morgan fingerprint density at radius 3 is 2.20 bits per heavy atom. The third kappa shape index (κ3) is 4.01. The number of carbonyl (C=O) groups is 1. The quantitative estimate of drug-likeness (QED) is 0.599. The van der Waals surface area contributed by atoms with E-state index in [0.29, 0.717) is 0 Å². The molecule has 0 heterocycles. The molecule has 112 valence electrons. The van der Waals surface area contributed by atoms with Crippen LogP contribution in [0.3, 0.4) is 0 Å². The van der Waals surface area contributed by atoms with E-state index in [1.54, 1.807) is 6.92 Å². The highest BCUT2D eigenvalue weighted by atomic mass is 35.7. The number of halogens is 3. The van der Waals surface area contributed by atoms with Crippen molar-refractivity contribution < 1.29 is 17.9 Å². The van der Waals surface area contributed by atoms with E-state index in [1.165, 1.54) is 6.07 Å². The van der Waals surface area contributed by atoms with Crippen molar-refractivity contribution in [1.82, 2.24) is 0 Å². The van der Waals surface area contributed by atoms with Gasteiger partial charge in [0.15, 0.2) is 0 Å². The van der Waals surface area contributed by atoms with Crippen LogP contribution in [0.15, 0.2) is 17.0 Å². The fourth-order valence-electron chi connectivity index (χ4n) is 1.27. The van der Waals surface area contributed by atoms with Gasteiger partial charge in [0.2, 0.25) is 0 Å². The molecule has 0 aliphatic carbocycles. The zero-order valence-corrected chi connectivity index (χ0v) is 14.1. The molecule has 0 aliphatic heterocycles. The summed E-state index contributed by atoms with van der Waals surface area (Å²) in [6, 6.07) is 2.37. The molecule has 0 bridgehead atoms. The summed E-state index contributed by atoms with van der Waals surface area (Å²) < 4.78 is 27.9. The standard InChI is InChI=1S/C12H13Cl3O4S/c1-6(2)7(3)19-12(16)10-8(13)4-5-9(11(10)14)20(15,17)18/h4-7H,1-3H3. The molecule has 1 atom stereocenters. The van der Waals surface area contributed by atoms with E-state index in [4.69, 9.17) is 38.6 Å². The van der Waals surface area contributed by atoms with Crippen LogP contribution in [0.4, 0.5) is 0 Å². The molecule has 0 saturated heterocycles. The SMILES string of the molecule is CC(C)C(C)OC(=O)c1c(Cl)ccc(S(=O)(=O)Cl)c1Cl. The molecule has 1 unspecified atom stereocenters. The molecular formula is C12H13Cl3O4S. The first kappa shape index (κ1) is 17.6. The minimum absolute atomic E-state index is 0.0000211. The predicted octanol–water partition coefficient (Wildman–Crippen LogP) is 4.12. The van der Waals surface area contributed by atoms with Gasteiger partial charge in [-0.25, -0.2) is 13.2 Å². The normalized spacial score (nSPS) is 13.3. The van der Waals surface area contributed by atoms with Crippen molar-refractivity contribution in [1.29, 1.82) is 0 Å². The molecule has 0 aliphatic rings. The Labute approximate surface area is 132 Å². The fraction of sp³-hybridized carbons (Fsp3) is 0.417. The lowest BCUT2D eigenvalue weighted by molar-refractivity contribution is 0.0238. The van der Waals surface area contributed by atoms with E-state index in [0.717, 1.165) is 6.07 Å². The van der Waals surface area contributed by atoms with Crippen LogP contribution in [0.25, 0.3) is 0 Å². The van der Waals surface area contributed by atoms with Crippen molar-refractivity contribution in [3.05, 3.63) is 27.7 Å². The Morgan fingerprint density at radius 1 is 1.20 bits per heavy atom. The lowest BCUT2D eigenvalue weighted by atomic mass is 10.1. The van der Waals surface area contributed by atoms with Gasteiger partial charge in [-0.1, -0.05) is 37.0 Å². The Morgan fingerprint density at radius 2 is 1.75 bits per heavy atom. The van der Waals surface area contributed by atoms with Crippen LogP contribution >= 0.6 is 33.9 Å². The maximum atomic E-state index is 12.1. The number of hydrogen-bond donors (Lipinski definition) is 0. The van der Waals surface area contributed by atoms with Crippen LogP contribution < -0.4 is 0 Å². The van der Waals surface area contributed by atoms with Gasteiger partial charge in [-0.05, 0) is 25.0 Å². The smallest absolute Gasteiger partial charge is 0.341 e. The van der Waals surface area contributed by atoms with E-state index in [9.17, 15) is 13.2 Å². The van der Waals surface area contributed by atoms with Gasteiger partial charge in [-0.2, -0.15) is 0 Å². The number of ether oxygens (including phenoxy) is 1. The average molecular weight is 360 g/mol. The van der Waals surface area contributed by atoms with Crippen molar-refractivity contribution in [3.8, 4) is 0 Å². The maximum Gasteiger partial charge on any atom is 0.341 e. The van der Waals surface area contributed by atoms with Crippen LogP contribution in [-0.2, 0) is 13.8 Å². The monoisotopic (exact) mass is 358 g/mol. The van der Waals surface area contributed by atoms with E-state index in [2.05, 4.69) is 0 Å². The van der Waals surface area contributed by atoms with Gasteiger partial charge in [0, 0.05) is 10.7 Å². The predicted molar refractivity (Wildman–Crippen MR) is 79.2 cm³/mol. The first-order chi connectivity index (χ1) is 9.05. The number of hydrogen-bond acceptors (Lipinski definition) is 4. The topological polar surface area (TPSA) is 60.4 Å². The largest absolute Gasteiger partial charge is 0.459 e. The molecule has 0 aromatic heterocycles. The summed E-state index contributed by atoms with van der Waals surface area (Å²) in [5.41, 5.74) is -0.206. The number of benzene rings is 1. The van der Waals surface area contributed by atoms with Crippen molar-refractivity contribution in [2.45, 2.75) is 31.8 Å². The van der Waals surface area contributed by atoms with Crippen LogP contribution in [0.2, 0.25) is 10.0 Å². The third-order valence-electron chi connectivity index (χ3n) is 2.75. The number of rotatable bonds is 4. The lowest BCUT2D eigenvalue weighted by Crippen LogP contribution is -2.21. The molecule has 0 fully saturated rings. The van der Waals surface area contributed by atoms with Gasteiger partial charge in [-0.15, -0.1) is 0 Å². The zero-order chi connectivity index (χ0) is 15.7. The second-order valence-corrected chi connectivity index (χ2v) is 7.85. The molecule has 4 nitrogen and oxygen atoms in total. The van der Waals surface area contributed by atoms with Crippen LogP contribution in [-0.4, -0.2) is 20.5 Å². The van der Waals surface area contributed by atoms with Crippen molar-refractivity contribution in [3.63, 3.8) is 0 Å². The average Bonchev–Trinajstić information content (AvgIpc) is 2.26. The fourth-order valence-corrected chi connectivity index (χ4v) is 3.15.